The van der Waals surface area contributed by atoms with Gasteiger partial charge in [-0.05, 0) is 50.2 Å². The summed E-state index contributed by atoms with van der Waals surface area (Å²) in [5, 5.41) is 4.18. The Labute approximate surface area is 165 Å². The van der Waals surface area contributed by atoms with Crippen molar-refractivity contribution in [2.75, 3.05) is 5.43 Å². The first-order valence-electron chi connectivity index (χ1n) is 9.00. The molecule has 0 saturated heterocycles. The number of amides is 2. The summed E-state index contributed by atoms with van der Waals surface area (Å²) in [6, 6.07) is 11.0. The second-order valence-electron chi connectivity index (χ2n) is 7.31. The number of hydrogen-bond donors (Lipinski definition) is 1. The normalized spacial score (nSPS) is 14.6. The van der Waals surface area contributed by atoms with Crippen LogP contribution in [0.15, 0.2) is 54.7 Å². The van der Waals surface area contributed by atoms with Crippen molar-refractivity contribution in [1.82, 2.24) is 14.8 Å². The zero-order valence-electron chi connectivity index (χ0n) is 15.8. The Hall–Kier alpha value is -3.55. The van der Waals surface area contributed by atoms with Crippen LogP contribution in [0.3, 0.4) is 0 Å². The highest BCUT2D eigenvalue weighted by molar-refractivity contribution is 6.00. The predicted molar refractivity (Wildman–Crippen MR) is 102 cm³/mol. The maximum atomic E-state index is 13.9. The van der Waals surface area contributed by atoms with Gasteiger partial charge in [0.1, 0.15) is 11.6 Å². The molecule has 1 aliphatic rings. The SMILES string of the molecule is CC1(C)c2c(cnn2NC(=O)c2ccccc2F)CN1C(=O)c1ccc(F)cc1. The molecule has 0 radical (unpaired) electrons. The number of aromatic nitrogens is 2. The van der Waals surface area contributed by atoms with Crippen LogP contribution in [0.5, 0.6) is 0 Å². The lowest BCUT2D eigenvalue weighted by Gasteiger charge is -2.33. The molecule has 0 atom stereocenters. The molecule has 8 heteroatoms. The van der Waals surface area contributed by atoms with E-state index in [0.29, 0.717) is 11.3 Å². The van der Waals surface area contributed by atoms with E-state index in [1.807, 2.05) is 13.8 Å². The zero-order chi connectivity index (χ0) is 20.8. The summed E-state index contributed by atoms with van der Waals surface area (Å²) in [5.74, 6) is -1.97. The molecule has 0 saturated carbocycles. The van der Waals surface area contributed by atoms with Gasteiger partial charge in [0.25, 0.3) is 11.8 Å². The number of nitrogens with one attached hydrogen (secondary N) is 1. The van der Waals surface area contributed by atoms with Crippen molar-refractivity contribution in [3.05, 3.63) is 88.7 Å². The number of benzene rings is 2. The highest BCUT2D eigenvalue weighted by atomic mass is 19.1. The summed E-state index contributed by atoms with van der Waals surface area (Å²) in [6.07, 6.45) is 1.57. The van der Waals surface area contributed by atoms with Gasteiger partial charge in [-0.3, -0.25) is 9.59 Å². The van der Waals surface area contributed by atoms with Gasteiger partial charge in [0.15, 0.2) is 0 Å². The molecular weight excluding hydrogens is 378 g/mol. The maximum absolute atomic E-state index is 13.9. The average Bonchev–Trinajstić information content (AvgIpc) is 3.20. The smallest absolute Gasteiger partial charge is 0.274 e. The van der Waals surface area contributed by atoms with Crippen LogP contribution in [0.1, 0.15) is 45.8 Å². The molecule has 4 rings (SSSR count). The van der Waals surface area contributed by atoms with Crippen LogP contribution >= 0.6 is 0 Å². The third-order valence-corrected chi connectivity index (χ3v) is 5.09. The van der Waals surface area contributed by atoms with Gasteiger partial charge in [0.05, 0.1) is 29.5 Å². The number of hydrogen-bond acceptors (Lipinski definition) is 3. The van der Waals surface area contributed by atoms with E-state index in [2.05, 4.69) is 10.5 Å². The van der Waals surface area contributed by atoms with E-state index in [-0.39, 0.29) is 18.0 Å². The van der Waals surface area contributed by atoms with Gasteiger partial charge in [0, 0.05) is 11.1 Å². The van der Waals surface area contributed by atoms with E-state index in [1.165, 1.54) is 47.3 Å². The van der Waals surface area contributed by atoms with E-state index in [9.17, 15) is 18.4 Å². The Morgan fingerprint density at radius 2 is 1.76 bits per heavy atom. The molecule has 29 heavy (non-hydrogen) atoms. The first-order valence-corrected chi connectivity index (χ1v) is 9.00. The Bertz CT molecular complexity index is 1110. The number of nitrogens with zero attached hydrogens (tertiary/aromatic N) is 3. The number of rotatable bonds is 3. The first-order chi connectivity index (χ1) is 13.8. The van der Waals surface area contributed by atoms with Crippen LogP contribution in [-0.2, 0) is 12.1 Å². The number of carbonyl (C=O) groups excluding carboxylic acids is 2. The Balaban J connectivity index is 1.62. The van der Waals surface area contributed by atoms with Crippen molar-refractivity contribution in [3.63, 3.8) is 0 Å². The highest BCUT2D eigenvalue weighted by Crippen LogP contribution is 2.39. The molecule has 2 aromatic carbocycles. The molecule has 2 amide bonds. The fourth-order valence-corrected chi connectivity index (χ4v) is 3.61. The van der Waals surface area contributed by atoms with Crippen molar-refractivity contribution in [2.45, 2.75) is 25.9 Å². The molecular formula is C21H18F2N4O2. The summed E-state index contributed by atoms with van der Waals surface area (Å²) in [5.41, 5.74) is 3.42. The van der Waals surface area contributed by atoms with Gasteiger partial charge in [-0.25, -0.2) is 14.2 Å². The van der Waals surface area contributed by atoms with Gasteiger partial charge in [-0.2, -0.15) is 9.89 Å². The Morgan fingerprint density at radius 1 is 1.07 bits per heavy atom. The average molecular weight is 396 g/mol. The monoisotopic (exact) mass is 396 g/mol. The van der Waals surface area contributed by atoms with E-state index in [4.69, 9.17) is 0 Å². The van der Waals surface area contributed by atoms with Crippen LogP contribution in [0.4, 0.5) is 8.78 Å². The molecule has 6 nitrogen and oxygen atoms in total. The number of carbonyl (C=O) groups is 2. The second kappa shape index (κ2) is 6.80. The third kappa shape index (κ3) is 3.16. The van der Waals surface area contributed by atoms with E-state index in [0.717, 1.165) is 5.56 Å². The van der Waals surface area contributed by atoms with Crippen molar-refractivity contribution < 1.29 is 18.4 Å². The molecule has 2 heterocycles. The third-order valence-electron chi connectivity index (χ3n) is 5.09. The standard InChI is InChI=1S/C21H18F2N4O2/c1-21(2)18-14(12-26(21)20(29)13-7-9-15(22)10-8-13)11-24-27(18)25-19(28)16-5-3-4-6-17(16)23/h3-11H,12H2,1-2H3,(H,25,28). The lowest BCUT2D eigenvalue weighted by atomic mass is 10.00. The van der Waals surface area contributed by atoms with Crippen LogP contribution < -0.4 is 5.43 Å². The van der Waals surface area contributed by atoms with Crippen molar-refractivity contribution in [1.29, 1.82) is 0 Å². The number of fused-ring (bicyclic) bond motifs is 1. The molecule has 1 N–H and O–H groups in total. The minimum Gasteiger partial charge on any atom is -0.323 e. The van der Waals surface area contributed by atoms with Crippen molar-refractivity contribution in [3.8, 4) is 0 Å². The van der Waals surface area contributed by atoms with Gasteiger partial charge in [-0.15, -0.1) is 0 Å². The second-order valence-corrected chi connectivity index (χ2v) is 7.31. The summed E-state index contributed by atoms with van der Waals surface area (Å²) < 4.78 is 27.1. The summed E-state index contributed by atoms with van der Waals surface area (Å²) in [7, 11) is 0. The first kappa shape index (κ1) is 18.8. The van der Waals surface area contributed by atoms with Gasteiger partial charge >= 0.3 is 0 Å². The van der Waals surface area contributed by atoms with Crippen molar-refractivity contribution in [2.24, 2.45) is 0 Å². The molecule has 0 aliphatic carbocycles. The fraction of sp³-hybridized carbons (Fsp3) is 0.190. The summed E-state index contributed by atoms with van der Waals surface area (Å²) in [6.45, 7) is 3.94. The molecule has 0 bridgehead atoms. The van der Waals surface area contributed by atoms with Crippen LogP contribution in [0, 0.1) is 11.6 Å². The van der Waals surface area contributed by atoms with Gasteiger partial charge in [0.2, 0.25) is 0 Å². The van der Waals surface area contributed by atoms with E-state index in [1.54, 1.807) is 17.2 Å². The molecule has 1 aromatic heterocycles. The van der Waals surface area contributed by atoms with Crippen LogP contribution in [0.2, 0.25) is 0 Å². The summed E-state index contributed by atoms with van der Waals surface area (Å²) in [4.78, 5) is 28.4. The minimum atomic E-state index is -0.806. The fourth-order valence-electron chi connectivity index (χ4n) is 3.61. The Morgan fingerprint density at radius 3 is 2.45 bits per heavy atom. The lowest BCUT2D eigenvalue weighted by Crippen LogP contribution is -2.43. The van der Waals surface area contributed by atoms with Crippen LogP contribution in [-0.4, -0.2) is 26.6 Å². The largest absolute Gasteiger partial charge is 0.323 e. The minimum absolute atomic E-state index is 0.105. The molecule has 148 valence electrons. The van der Waals surface area contributed by atoms with Crippen LogP contribution in [0.25, 0.3) is 0 Å². The zero-order valence-corrected chi connectivity index (χ0v) is 15.8. The molecule has 3 aromatic rings. The van der Waals surface area contributed by atoms with Gasteiger partial charge in [-0.1, -0.05) is 12.1 Å². The van der Waals surface area contributed by atoms with E-state index >= 15 is 0 Å². The molecule has 0 unspecified atom stereocenters. The Kier molecular flexibility index (Phi) is 4.41. The molecule has 0 fully saturated rings. The quantitative estimate of drug-likeness (QED) is 0.738. The lowest BCUT2D eigenvalue weighted by molar-refractivity contribution is 0.0562. The predicted octanol–water partition coefficient (Wildman–Crippen LogP) is 3.44. The van der Waals surface area contributed by atoms with E-state index < -0.39 is 23.1 Å². The molecule has 1 aliphatic heterocycles. The van der Waals surface area contributed by atoms with Crippen molar-refractivity contribution >= 4 is 11.8 Å². The number of halogens is 2. The highest BCUT2D eigenvalue weighted by Gasteiger charge is 2.44. The topological polar surface area (TPSA) is 67.2 Å². The summed E-state index contributed by atoms with van der Waals surface area (Å²) >= 11 is 0. The molecule has 0 spiro atoms. The van der Waals surface area contributed by atoms with Gasteiger partial charge < -0.3 is 4.90 Å². The maximum Gasteiger partial charge on any atom is 0.274 e.